The summed E-state index contributed by atoms with van der Waals surface area (Å²) in [5, 5.41) is 5.05. The van der Waals surface area contributed by atoms with Gasteiger partial charge in [-0.15, -0.1) is 0 Å². The van der Waals surface area contributed by atoms with Gasteiger partial charge in [-0.05, 0) is 47.7 Å². The molecule has 0 radical (unpaired) electrons. The normalized spacial score (nSPS) is 11.2. The summed E-state index contributed by atoms with van der Waals surface area (Å²) in [7, 11) is 3.22. The van der Waals surface area contributed by atoms with Gasteiger partial charge in [-0.3, -0.25) is 4.79 Å². The number of nitrogens with one attached hydrogen (secondary N) is 1. The summed E-state index contributed by atoms with van der Waals surface area (Å²) in [6.45, 7) is 0.492. The lowest BCUT2D eigenvalue weighted by Crippen LogP contribution is -2.15. The van der Waals surface area contributed by atoms with E-state index >= 15 is 0 Å². The van der Waals surface area contributed by atoms with Crippen LogP contribution in [0.15, 0.2) is 84.9 Å². The number of hydrogen-bond donors (Lipinski definition) is 2. The molecule has 0 aliphatic carbocycles. The summed E-state index contributed by atoms with van der Waals surface area (Å²) in [5.41, 5.74) is 11.2. The molecular formula is C31H27N5O3. The Labute approximate surface area is 225 Å². The predicted molar refractivity (Wildman–Crippen MR) is 155 cm³/mol. The molecule has 6 rings (SSSR count). The van der Waals surface area contributed by atoms with Crippen LogP contribution in [0.1, 0.15) is 15.9 Å². The zero-order valence-corrected chi connectivity index (χ0v) is 21.6. The lowest BCUT2D eigenvalue weighted by atomic mass is 10.1. The average Bonchev–Trinajstić information content (AvgIpc) is 3.24. The molecule has 0 saturated carbocycles. The van der Waals surface area contributed by atoms with Gasteiger partial charge in [0.15, 0.2) is 17.1 Å². The molecule has 8 heteroatoms. The molecule has 0 aliphatic rings. The maximum Gasteiger partial charge on any atom is 0.261 e. The Hall–Kier alpha value is -5.11. The lowest BCUT2D eigenvalue weighted by Gasteiger charge is -2.11. The Morgan fingerprint density at radius 2 is 1.59 bits per heavy atom. The fourth-order valence-corrected chi connectivity index (χ4v) is 4.96. The van der Waals surface area contributed by atoms with E-state index in [0.29, 0.717) is 58.2 Å². The monoisotopic (exact) mass is 517 g/mol. The molecule has 2 heterocycles. The molecule has 2 aromatic heterocycles. The molecule has 0 spiro atoms. The van der Waals surface area contributed by atoms with Crippen molar-refractivity contribution in [2.45, 2.75) is 13.0 Å². The molecule has 194 valence electrons. The highest BCUT2D eigenvalue weighted by molar-refractivity contribution is 6.17. The zero-order valence-electron chi connectivity index (χ0n) is 21.6. The van der Waals surface area contributed by atoms with E-state index in [1.165, 1.54) is 0 Å². The third-order valence-electron chi connectivity index (χ3n) is 6.93. The number of hydrogen-bond acceptors (Lipinski definition) is 6. The van der Waals surface area contributed by atoms with E-state index in [0.717, 1.165) is 21.9 Å². The second-order valence-electron chi connectivity index (χ2n) is 9.22. The van der Waals surface area contributed by atoms with Gasteiger partial charge in [0.25, 0.3) is 5.91 Å². The number of methoxy groups -OCH3 is 2. The summed E-state index contributed by atoms with van der Waals surface area (Å²) in [6.07, 6.45) is 0.632. The molecule has 39 heavy (non-hydrogen) atoms. The Balaban J connectivity index is 1.42. The van der Waals surface area contributed by atoms with E-state index in [-0.39, 0.29) is 5.91 Å². The van der Waals surface area contributed by atoms with Crippen molar-refractivity contribution in [2.24, 2.45) is 0 Å². The van der Waals surface area contributed by atoms with Crippen molar-refractivity contribution in [3.8, 4) is 11.5 Å². The highest BCUT2D eigenvalue weighted by Crippen LogP contribution is 2.32. The maximum atomic E-state index is 13.8. The topological polar surface area (TPSA) is 104 Å². The molecule has 0 fully saturated rings. The van der Waals surface area contributed by atoms with Crippen LogP contribution < -0.4 is 20.5 Å². The van der Waals surface area contributed by atoms with Gasteiger partial charge in [0.1, 0.15) is 16.9 Å². The van der Waals surface area contributed by atoms with E-state index < -0.39 is 0 Å². The van der Waals surface area contributed by atoms with Gasteiger partial charge in [-0.1, -0.05) is 54.6 Å². The summed E-state index contributed by atoms with van der Waals surface area (Å²) < 4.78 is 12.7. The van der Waals surface area contributed by atoms with Crippen LogP contribution in [0.4, 0.5) is 11.5 Å². The fraction of sp³-hybridized carbons (Fsp3) is 0.129. The summed E-state index contributed by atoms with van der Waals surface area (Å²) in [5.74, 6) is 1.31. The van der Waals surface area contributed by atoms with Crippen molar-refractivity contribution < 1.29 is 14.3 Å². The van der Waals surface area contributed by atoms with Crippen molar-refractivity contribution in [1.82, 2.24) is 14.5 Å². The fourth-order valence-electron chi connectivity index (χ4n) is 4.96. The standard InChI is InChI=1S/C31H27N5O3/c1-38-25-15-14-19(18-26(25)39-2)16-17-36-29(32)27(28-30(36)34-24-12-6-5-11-23(24)33-28)31(37)35-22-13-7-9-20-8-3-4-10-21(20)22/h3-15,18H,16-17,32H2,1-2H3,(H,35,37). The van der Waals surface area contributed by atoms with Crippen LogP contribution in [0.3, 0.4) is 0 Å². The van der Waals surface area contributed by atoms with E-state index in [1.807, 2.05) is 89.5 Å². The van der Waals surface area contributed by atoms with Crippen molar-refractivity contribution in [3.63, 3.8) is 0 Å². The van der Waals surface area contributed by atoms with E-state index in [4.69, 9.17) is 25.2 Å². The van der Waals surface area contributed by atoms with Crippen LogP contribution in [-0.4, -0.2) is 34.7 Å². The van der Waals surface area contributed by atoms with Crippen LogP contribution >= 0.6 is 0 Å². The van der Waals surface area contributed by atoms with Gasteiger partial charge >= 0.3 is 0 Å². The minimum atomic E-state index is -0.330. The highest BCUT2D eigenvalue weighted by Gasteiger charge is 2.24. The number of para-hydroxylation sites is 2. The molecule has 0 unspecified atom stereocenters. The number of ether oxygens (including phenoxy) is 2. The molecule has 6 aromatic rings. The van der Waals surface area contributed by atoms with Crippen molar-refractivity contribution >= 4 is 50.4 Å². The van der Waals surface area contributed by atoms with Crippen molar-refractivity contribution in [1.29, 1.82) is 0 Å². The quantitative estimate of drug-likeness (QED) is 0.276. The van der Waals surface area contributed by atoms with Crippen LogP contribution in [0, 0.1) is 0 Å². The van der Waals surface area contributed by atoms with Gasteiger partial charge in [0, 0.05) is 17.6 Å². The first-order valence-electron chi connectivity index (χ1n) is 12.6. The third kappa shape index (κ3) is 4.35. The molecule has 4 aromatic carbocycles. The van der Waals surface area contributed by atoms with Gasteiger partial charge in [-0.25, -0.2) is 9.97 Å². The zero-order chi connectivity index (χ0) is 26.9. The number of carbonyl (C=O) groups excluding carboxylic acids is 1. The number of aryl methyl sites for hydroxylation is 2. The van der Waals surface area contributed by atoms with E-state index in [2.05, 4.69) is 5.32 Å². The minimum absolute atomic E-state index is 0.309. The number of anilines is 2. The second-order valence-corrected chi connectivity index (χ2v) is 9.22. The summed E-state index contributed by atoms with van der Waals surface area (Å²) >= 11 is 0. The first kappa shape index (κ1) is 24.2. The number of amides is 1. The predicted octanol–water partition coefficient (Wildman–Crippen LogP) is 5.83. The largest absolute Gasteiger partial charge is 0.493 e. The van der Waals surface area contributed by atoms with E-state index in [9.17, 15) is 4.79 Å². The Kier molecular flexibility index (Phi) is 6.20. The Morgan fingerprint density at radius 3 is 2.38 bits per heavy atom. The Morgan fingerprint density at radius 1 is 0.872 bits per heavy atom. The molecular weight excluding hydrogens is 490 g/mol. The Bertz CT molecular complexity index is 1860. The number of nitrogens with two attached hydrogens (primary N) is 1. The lowest BCUT2D eigenvalue weighted by molar-refractivity contribution is 0.102. The number of rotatable bonds is 7. The van der Waals surface area contributed by atoms with Crippen LogP contribution in [-0.2, 0) is 13.0 Å². The van der Waals surface area contributed by atoms with Crippen LogP contribution in [0.2, 0.25) is 0 Å². The molecule has 0 saturated heterocycles. The first-order valence-corrected chi connectivity index (χ1v) is 12.6. The maximum absolute atomic E-state index is 13.8. The van der Waals surface area contributed by atoms with Gasteiger partial charge in [0.2, 0.25) is 0 Å². The number of nitrogens with zero attached hydrogens (tertiary/aromatic N) is 3. The smallest absolute Gasteiger partial charge is 0.261 e. The van der Waals surface area contributed by atoms with E-state index in [1.54, 1.807) is 14.2 Å². The molecule has 3 N–H and O–H groups in total. The third-order valence-corrected chi connectivity index (χ3v) is 6.93. The van der Waals surface area contributed by atoms with Gasteiger partial charge in [0.05, 0.1) is 25.3 Å². The number of nitrogen functional groups attached to an aromatic ring is 1. The van der Waals surface area contributed by atoms with Crippen LogP contribution in [0.25, 0.3) is 33.0 Å². The molecule has 8 nitrogen and oxygen atoms in total. The van der Waals surface area contributed by atoms with Gasteiger partial charge in [-0.2, -0.15) is 0 Å². The van der Waals surface area contributed by atoms with Gasteiger partial charge < -0.3 is 25.1 Å². The number of carbonyl (C=O) groups is 1. The number of fused-ring (bicyclic) bond motifs is 3. The highest BCUT2D eigenvalue weighted by atomic mass is 16.5. The van der Waals surface area contributed by atoms with Crippen LogP contribution in [0.5, 0.6) is 11.5 Å². The van der Waals surface area contributed by atoms with Crippen molar-refractivity contribution in [2.75, 3.05) is 25.3 Å². The summed E-state index contributed by atoms with van der Waals surface area (Å²) in [6, 6.07) is 27.1. The minimum Gasteiger partial charge on any atom is -0.493 e. The molecule has 0 bridgehead atoms. The number of aromatic nitrogens is 3. The number of benzene rings is 4. The molecule has 0 aliphatic heterocycles. The SMILES string of the molecule is COc1ccc(CCn2c(N)c(C(=O)Nc3cccc4ccccc34)c3nc4ccccc4nc32)cc1OC. The molecule has 1 amide bonds. The average molecular weight is 518 g/mol. The summed E-state index contributed by atoms with van der Waals surface area (Å²) in [4.78, 5) is 23.5. The second kappa shape index (κ2) is 9.98. The van der Waals surface area contributed by atoms with Crippen molar-refractivity contribution in [3.05, 3.63) is 96.1 Å². The first-order chi connectivity index (χ1) is 19.1. The molecule has 0 atom stereocenters.